The predicted octanol–water partition coefficient (Wildman–Crippen LogP) is 3.93. The van der Waals surface area contributed by atoms with Gasteiger partial charge in [0.05, 0.1) is 5.71 Å². The number of rotatable bonds is 4. The second-order valence-corrected chi connectivity index (χ2v) is 7.41. The van der Waals surface area contributed by atoms with Crippen LogP contribution in [0, 0.1) is 0 Å². The molecular weight excluding hydrogens is 382 g/mol. The van der Waals surface area contributed by atoms with Gasteiger partial charge in [0.15, 0.2) is 0 Å². The number of benzene rings is 2. The molecule has 1 N–H and O–H groups in total. The number of hydrogen-bond donors (Lipinski definition) is 1. The first kappa shape index (κ1) is 18.3. The molecule has 150 valence electrons. The highest BCUT2D eigenvalue weighted by Gasteiger charge is 2.15. The molecule has 2 heterocycles. The van der Waals surface area contributed by atoms with Gasteiger partial charge in [-0.25, -0.2) is 4.79 Å². The molecule has 2 aromatic heterocycles. The lowest BCUT2D eigenvalue weighted by Gasteiger charge is -2.08. The molecule has 1 saturated carbocycles. The number of fused-ring (bicyclic) bond motifs is 2. The smallest absolute Gasteiger partial charge is 0.337 e. The summed E-state index contributed by atoms with van der Waals surface area (Å²) < 4.78 is 5.21. The van der Waals surface area contributed by atoms with E-state index in [0.29, 0.717) is 12.0 Å². The highest BCUT2D eigenvalue weighted by atomic mass is 16.6. The summed E-state index contributed by atoms with van der Waals surface area (Å²) in [4.78, 5) is 37.0. The van der Waals surface area contributed by atoms with Crippen LogP contribution in [0.25, 0.3) is 21.9 Å². The minimum Gasteiger partial charge on any atom is -0.403 e. The molecule has 7 nitrogen and oxygen atoms in total. The highest BCUT2D eigenvalue weighted by molar-refractivity contribution is 5.87. The summed E-state index contributed by atoms with van der Waals surface area (Å²) in [6.45, 7) is 0. The van der Waals surface area contributed by atoms with Crippen molar-refractivity contribution < 1.29 is 9.25 Å². The molecule has 1 aliphatic rings. The Balaban J connectivity index is 1.58. The number of aromatic nitrogens is 2. The zero-order valence-electron chi connectivity index (χ0n) is 16.2. The van der Waals surface area contributed by atoms with E-state index in [1.165, 1.54) is 6.07 Å². The van der Waals surface area contributed by atoms with Crippen LogP contribution in [0.5, 0.6) is 6.01 Å². The number of nitrogens with one attached hydrogen (secondary N) is 1. The fraction of sp³-hybridized carbons (Fsp3) is 0.217. The summed E-state index contributed by atoms with van der Waals surface area (Å²) in [5, 5.41) is 6.45. The molecule has 1 fully saturated rings. The van der Waals surface area contributed by atoms with E-state index in [1.807, 2.05) is 42.5 Å². The Morgan fingerprint density at radius 1 is 1.03 bits per heavy atom. The van der Waals surface area contributed by atoms with E-state index in [0.717, 1.165) is 47.7 Å². The van der Waals surface area contributed by atoms with Crippen molar-refractivity contribution in [2.24, 2.45) is 5.16 Å². The maximum atomic E-state index is 12.8. The van der Waals surface area contributed by atoms with E-state index in [2.05, 4.69) is 15.1 Å². The molecule has 0 bridgehead atoms. The summed E-state index contributed by atoms with van der Waals surface area (Å²) in [5.74, 6) is 0. The van der Waals surface area contributed by atoms with Crippen molar-refractivity contribution in [3.63, 3.8) is 0 Å². The summed E-state index contributed by atoms with van der Waals surface area (Å²) in [6, 6.07) is 15.2. The monoisotopic (exact) mass is 401 g/mol. The Bertz CT molecular complexity index is 1390. The lowest BCUT2D eigenvalue weighted by molar-refractivity contribution is 0.309. The first-order valence-corrected chi connectivity index (χ1v) is 9.94. The fourth-order valence-electron chi connectivity index (χ4n) is 3.95. The third kappa shape index (κ3) is 3.50. The minimum absolute atomic E-state index is 0.0527. The van der Waals surface area contributed by atoms with Gasteiger partial charge in [-0.3, -0.25) is 9.78 Å². The molecule has 4 aromatic rings. The fourth-order valence-corrected chi connectivity index (χ4v) is 3.95. The number of nitrogens with zero attached hydrogens (tertiary/aromatic N) is 2. The number of oxime groups is 1. The van der Waals surface area contributed by atoms with Gasteiger partial charge in [-0.15, -0.1) is 0 Å². The maximum Gasteiger partial charge on any atom is 0.337 e. The Labute approximate surface area is 171 Å². The predicted molar refractivity (Wildman–Crippen MR) is 114 cm³/mol. The molecule has 2 aromatic carbocycles. The summed E-state index contributed by atoms with van der Waals surface area (Å²) >= 11 is 0. The van der Waals surface area contributed by atoms with Crippen molar-refractivity contribution in [1.29, 1.82) is 0 Å². The summed E-state index contributed by atoms with van der Waals surface area (Å²) in [5.41, 5.74) is 1.45. The van der Waals surface area contributed by atoms with Crippen LogP contribution in [-0.2, 0) is 6.42 Å². The molecule has 0 unspecified atom stereocenters. The third-order valence-electron chi connectivity index (χ3n) is 5.38. The van der Waals surface area contributed by atoms with Crippen LogP contribution in [0.1, 0.15) is 36.8 Å². The van der Waals surface area contributed by atoms with E-state index in [9.17, 15) is 9.59 Å². The average molecular weight is 401 g/mol. The van der Waals surface area contributed by atoms with E-state index in [-0.39, 0.29) is 17.1 Å². The molecular formula is C23H19N3O4. The summed E-state index contributed by atoms with van der Waals surface area (Å²) in [7, 11) is 0. The minimum atomic E-state index is -0.566. The van der Waals surface area contributed by atoms with Gasteiger partial charge >= 0.3 is 11.6 Å². The molecule has 7 heteroatoms. The van der Waals surface area contributed by atoms with Crippen LogP contribution in [0.4, 0.5) is 0 Å². The van der Waals surface area contributed by atoms with Gasteiger partial charge < -0.3 is 9.25 Å². The SMILES string of the molecule is O=c1cc(Cc2cccc3ccccc23)c2c(=O)[nH]c(ON=C3CCCC3)nc2o1. The van der Waals surface area contributed by atoms with E-state index in [4.69, 9.17) is 9.25 Å². The molecule has 30 heavy (non-hydrogen) atoms. The van der Waals surface area contributed by atoms with Crippen molar-refractivity contribution in [3.8, 4) is 6.01 Å². The van der Waals surface area contributed by atoms with Crippen molar-refractivity contribution in [3.05, 3.63) is 80.4 Å². The van der Waals surface area contributed by atoms with Gasteiger partial charge in [-0.05, 0) is 54.0 Å². The van der Waals surface area contributed by atoms with Crippen LogP contribution in [-0.4, -0.2) is 15.7 Å². The summed E-state index contributed by atoms with van der Waals surface area (Å²) in [6.07, 6.45) is 4.31. The largest absolute Gasteiger partial charge is 0.403 e. The lowest BCUT2D eigenvalue weighted by atomic mass is 9.98. The van der Waals surface area contributed by atoms with Crippen molar-refractivity contribution in [2.75, 3.05) is 0 Å². The Hall–Kier alpha value is -3.74. The van der Waals surface area contributed by atoms with E-state index < -0.39 is 11.2 Å². The van der Waals surface area contributed by atoms with Crippen LogP contribution in [0.3, 0.4) is 0 Å². The first-order chi connectivity index (χ1) is 14.7. The zero-order valence-corrected chi connectivity index (χ0v) is 16.2. The van der Waals surface area contributed by atoms with Crippen molar-refractivity contribution in [2.45, 2.75) is 32.1 Å². The van der Waals surface area contributed by atoms with Gasteiger partial charge in [0.25, 0.3) is 5.56 Å². The Morgan fingerprint density at radius 3 is 2.70 bits per heavy atom. The van der Waals surface area contributed by atoms with Crippen LogP contribution in [0.15, 0.2) is 67.7 Å². The molecule has 0 aliphatic heterocycles. The highest BCUT2D eigenvalue weighted by Crippen LogP contribution is 2.23. The first-order valence-electron chi connectivity index (χ1n) is 9.94. The molecule has 0 saturated heterocycles. The molecule has 0 amide bonds. The second-order valence-electron chi connectivity index (χ2n) is 7.41. The standard InChI is InChI=1S/C23H19N3O4/c27-19-13-16(12-15-8-5-7-14-6-1-4-11-18(14)15)20-21(28)24-23(25-22(20)29-19)30-26-17-9-2-3-10-17/h1,4-8,11,13H,2-3,9-10,12H2,(H,24,25,28). The van der Waals surface area contributed by atoms with Gasteiger partial charge in [0.2, 0.25) is 5.71 Å². The molecule has 5 rings (SSSR count). The second kappa shape index (κ2) is 7.59. The van der Waals surface area contributed by atoms with E-state index in [1.54, 1.807) is 0 Å². The van der Waals surface area contributed by atoms with Crippen LogP contribution < -0.4 is 16.0 Å². The van der Waals surface area contributed by atoms with Crippen molar-refractivity contribution in [1.82, 2.24) is 9.97 Å². The van der Waals surface area contributed by atoms with Crippen molar-refractivity contribution >= 4 is 27.6 Å². The Morgan fingerprint density at radius 2 is 1.83 bits per heavy atom. The molecule has 1 aliphatic carbocycles. The molecule has 0 atom stereocenters. The van der Waals surface area contributed by atoms with E-state index >= 15 is 0 Å². The maximum absolute atomic E-state index is 12.8. The normalized spacial score (nSPS) is 13.8. The number of aromatic amines is 1. The average Bonchev–Trinajstić information content (AvgIpc) is 3.26. The van der Waals surface area contributed by atoms with Gasteiger partial charge in [-0.2, -0.15) is 4.98 Å². The van der Waals surface area contributed by atoms with Crippen LogP contribution in [0.2, 0.25) is 0 Å². The topological polar surface area (TPSA) is 97.5 Å². The quantitative estimate of drug-likeness (QED) is 0.523. The van der Waals surface area contributed by atoms with Crippen LogP contribution >= 0.6 is 0 Å². The Kier molecular flexibility index (Phi) is 4.63. The van der Waals surface area contributed by atoms with Gasteiger partial charge in [-0.1, -0.05) is 47.6 Å². The van der Waals surface area contributed by atoms with Gasteiger partial charge in [0, 0.05) is 6.07 Å². The lowest BCUT2D eigenvalue weighted by Crippen LogP contribution is -2.15. The number of hydrogen-bond acceptors (Lipinski definition) is 6. The molecule has 0 spiro atoms. The third-order valence-corrected chi connectivity index (χ3v) is 5.38. The number of H-pyrrole nitrogens is 1. The zero-order chi connectivity index (χ0) is 20.5. The molecule has 0 radical (unpaired) electrons. The van der Waals surface area contributed by atoms with Gasteiger partial charge in [0.1, 0.15) is 5.39 Å².